The minimum absolute atomic E-state index is 0.00561. The smallest absolute Gasteiger partial charge is 0.305 e. The summed E-state index contributed by atoms with van der Waals surface area (Å²) in [5.41, 5.74) is 2.67. The van der Waals surface area contributed by atoms with Gasteiger partial charge in [0.1, 0.15) is 0 Å². The second-order valence-electron chi connectivity index (χ2n) is 7.65. The highest BCUT2D eigenvalue weighted by Gasteiger charge is 2.20. The Morgan fingerprint density at radius 2 is 1.84 bits per heavy atom. The molecule has 0 radical (unpaired) electrons. The molecule has 3 aromatic rings. The summed E-state index contributed by atoms with van der Waals surface area (Å²) in [6, 6.07) is 13.1. The maximum absolute atomic E-state index is 11.3. The van der Waals surface area contributed by atoms with Crippen LogP contribution in [0.15, 0.2) is 42.5 Å². The molecule has 0 aliphatic rings. The zero-order chi connectivity index (χ0) is 22.5. The minimum atomic E-state index is -0.854. The Balaban J connectivity index is 2.02. The van der Waals surface area contributed by atoms with Gasteiger partial charge in [-0.3, -0.25) is 4.79 Å². The molecular formula is C23H23Cl3N2O2S. The van der Waals surface area contributed by atoms with Gasteiger partial charge < -0.3 is 10.0 Å². The summed E-state index contributed by atoms with van der Waals surface area (Å²) in [5.74, 6) is -0.418. The minimum Gasteiger partial charge on any atom is -0.481 e. The number of rotatable bonds is 9. The average molecular weight is 498 g/mol. The molecule has 1 heterocycles. The van der Waals surface area contributed by atoms with Crippen LogP contribution in [0.4, 0.5) is 5.13 Å². The van der Waals surface area contributed by atoms with Gasteiger partial charge in [0.15, 0.2) is 5.13 Å². The summed E-state index contributed by atoms with van der Waals surface area (Å²) in [5, 5.41) is 11.6. The molecule has 1 aromatic heterocycles. The molecule has 3 rings (SSSR count). The van der Waals surface area contributed by atoms with Crippen molar-refractivity contribution in [3.8, 4) is 11.3 Å². The lowest BCUT2D eigenvalue weighted by Gasteiger charge is -2.21. The van der Waals surface area contributed by atoms with Gasteiger partial charge in [0.05, 0.1) is 22.2 Å². The molecule has 0 spiro atoms. The van der Waals surface area contributed by atoms with Gasteiger partial charge in [0.25, 0.3) is 0 Å². The molecule has 0 saturated carbocycles. The van der Waals surface area contributed by atoms with Gasteiger partial charge in [-0.1, -0.05) is 72.9 Å². The van der Waals surface area contributed by atoms with Crippen molar-refractivity contribution >= 4 is 57.2 Å². The number of hydrogen-bond acceptors (Lipinski definition) is 4. The number of carboxylic acid groups (broad SMARTS) is 1. The summed E-state index contributed by atoms with van der Waals surface area (Å²) >= 11 is 20.3. The topological polar surface area (TPSA) is 53.4 Å². The molecule has 0 unspecified atom stereocenters. The summed E-state index contributed by atoms with van der Waals surface area (Å²) in [7, 11) is 0. The number of carboxylic acids is 1. The first-order chi connectivity index (χ1) is 14.7. The van der Waals surface area contributed by atoms with Gasteiger partial charge >= 0.3 is 5.97 Å². The highest BCUT2D eigenvalue weighted by Crippen LogP contribution is 2.37. The summed E-state index contributed by atoms with van der Waals surface area (Å²) in [6.07, 6.45) is 0.859. The van der Waals surface area contributed by atoms with E-state index in [0.717, 1.165) is 33.3 Å². The van der Waals surface area contributed by atoms with Crippen LogP contribution < -0.4 is 4.90 Å². The molecule has 0 atom stereocenters. The monoisotopic (exact) mass is 496 g/mol. The fourth-order valence-electron chi connectivity index (χ4n) is 3.16. The van der Waals surface area contributed by atoms with Crippen LogP contribution in [-0.4, -0.2) is 22.6 Å². The standard InChI is InChI=1S/C23H23Cl3N2O2S/c1-14(2)11-20-22(15-7-8-18(25)19(26)12-15)27-23(31-20)28(10-9-21(29)30)13-16-5-3-4-6-17(16)24/h3-8,12,14H,9-11,13H2,1-2H3,(H,29,30). The van der Waals surface area contributed by atoms with Crippen LogP contribution in [0.25, 0.3) is 11.3 Å². The number of halogens is 3. The third-order valence-corrected chi connectivity index (χ3v) is 6.90. The van der Waals surface area contributed by atoms with Gasteiger partial charge in [0.2, 0.25) is 0 Å². The first-order valence-electron chi connectivity index (χ1n) is 9.90. The lowest BCUT2D eigenvalue weighted by Crippen LogP contribution is -2.25. The van der Waals surface area contributed by atoms with E-state index >= 15 is 0 Å². The Labute approximate surface area is 201 Å². The van der Waals surface area contributed by atoms with Crippen LogP contribution in [0.1, 0.15) is 30.7 Å². The summed E-state index contributed by atoms with van der Waals surface area (Å²) in [4.78, 5) is 19.3. The Kier molecular flexibility index (Phi) is 8.23. The fourth-order valence-corrected chi connectivity index (χ4v) is 4.97. The Morgan fingerprint density at radius 3 is 2.48 bits per heavy atom. The third-order valence-electron chi connectivity index (χ3n) is 4.66. The molecule has 2 aromatic carbocycles. The molecule has 31 heavy (non-hydrogen) atoms. The highest BCUT2D eigenvalue weighted by atomic mass is 35.5. The average Bonchev–Trinajstić information content (AvgIpc) is 3.11. The van der Waals surface area contributed by atoms with Crippen molar-refractivity contribution in [2.24, 2.45) is 5.92 Å². The normalized spacial score (nSPS) is 11.2. The quantitative estimate of drug-likeness (QED) is 0.333. The molecule has 0 aliphatic heterocycles. The Hall–Kier alpha value is -1.79. The Morgan fingerprint density at radius 1 is 1.10 bits per heavy atom. The van der Waals surface area contributed by atoms with E-state index in [2.05, 4.69) is 13.8 Å². The molecule has 0 saturated heterocycles. The van der Waals surface area contributed by atoms with E-state index in [9.17, 15) is 9.90 Å². The number of hydrogen-bond donors (Lipinski definition) is 1. The first kappa shape index (κ1) is 23.9. The van der Waals surface area contributed by atoms with Crippen molar-refractivity contribution in [1.82, 2.24) is 4.98 Å². The number of aromatic nitrogens is 1. The van der Waals surface area contributed by atoms with Crippen LogP contribution >= 0.6 is 46.1 Å². The molecule has 164 valence electrons. The van der Waals surface area contributed by atoms with E-state index in [-0.39, 0.29) is 6.42 Å². The maximum atomic E-state index is 11.3. The van der Waals surface area contributed by atoms with Gasteiger partial charge in [-0.05, 0) is 36.1 Å². The van der Waals surface area contributed by atoms with E-state index in [0.29, 0.717) is 34.1 Å². The van der Waals surface area contributed by atoms with E-state index in [1.165, 1.54) is 0 Å². The van der Waals surface area contributed by atoms with Crippen molar-refractivity contribution in [3.05, 3.63) is 68.0 Å². The van der Waals surface area contributed by atoms with Crippen LogP contribution in [0.2, 0.25) is 15.1 Å². The second kappa shape index (κ2) is 10.7. The summed E-state index contributed by atoms with van der Waals surface area (Å²) in [6.45, 7) is 5.12. The van der Waals surface area contributed by atoms with E-state index in [1.807, 2.05) is 41.3 Å². The van der Waals surface area contributed by atoms with Crippen LogP contribution in [0, 0.1) is 5.92 Å². The third kappa shape index (κ3) is 6.36. The van der Waals surface area contributed by atoms with Gasteiger partial charge in [-0.15, -0.1) is 11.3 Å². The van der Waals surface area contributed by atoms with Gasteiger partial charge in [-0.25, -0.2) is 4.98 Å². The van der Waals surface area contributed by atoms with E-state index < -0.39 is 5.97 Å². The number of aliphatic carboxylic acids is 1. The molecule has 4 nitrogen and oxygen atoms in total. The largest absolute Gasteiger partial charge is 0.481 e. The molecule has 1 N–H and O–H groups in total. The van der Waals surface area contributed by atoms with Crippen LogP contribution in [0.3, 0.4) is 0 Å². The van der Waals surface area contributed by atoms with Crippen LogP contribution in [0.5, 0.6) is 0 Å². The lowest BCUT2D eigenvalue weighted by molar-refractivity contribution is -0.136. The predicted octanol–water partition coefficient (Wildman–Crippen LogP) is 7.45. The van der Waals surface area contributed by atoms with Crippen molar-refractivity contribution in [2.75, 3.05) is 11.4 Å². The number of thiazole rings is 1. The zero-order valence-corrected chi connectivity index (χ0v) is 20.3. The van der Waals surface area contributed by atoms with Crippen molar-refractivity contribution < 1.29 is 9.90 Å². The molecular weight excluding hydrogens is 475 g/mol. The van der Waals surface area contributed by atoms with E-state index in [4.69, 9.17) is 39.8 Å². The lowest BCUT2D eigenvalue weighted by atomic mass is 10.0. The molecule has 8 heteroatoms. The van der Waals surface area contributed by atoms with Gasteiger partial charge in [0, 0.05) is 28.6 Å². The van der Waals surface area contributed by atoms with Crippen molar-refractivity contribution in [2.45, 2.75) is 33.2 Å². The van der Waals surface area contributed by atoms with E-state index in [1.54, 1.807) is 17.4 Å². The number of carbonyl (C=O) groups is 1. The highest BCUT2D eigenvalue weighted by molar-refractivity contribution is 7.16. The van der Waals surface area contributed by atoms with Crippen LogP contribution in [-0.2, 0) is 17.8 Å². The number of benzene rings is 2. The second-order valence-corrected chi connectivity index (χ2v) is 9.94. The molecule has 0 aliphatic carbocycles. The number of anilines is 1. The van der Waals surface area contributed by atoms with Crippen molar-refractivity contribution in [1.29, 1.82) is 0 Å². The maximum Gasteiger partial charge on any atom is 0.305 e. The summed E-state index contributed by atoms with van der Waals surface area (Å²) < 4.78 is 0. The molecule has 0 amide bonds. The van der Waals surface area contributed by atoms with Crippen molar-refractivity contribution in [3.63, 3.8) is 0 Å². The predicted molar refractivity (Wildman–Crippen MR) is 131 cm³/mol. The molecule has 0 bridgehead atoms. The zero-order valence-electron chi connectivity index (χ0n) is 17.2. The SMILES string of the molecule is CC(C)Cc1sc(N(CCC(=O)O)Cc2ccccc2Cl)nc1-c1ccc(Cl)c(Cl)c1. The first-order valence-corrected chi connectivity index (χ1v) is 11.8. The number of nitrogens with zero attached hydrogens (tertiary/aromatic N) is 2. The van der Waals surface area contributed by atoms with Gasteiger partial charge in [-0.2, -0.15) is 0 Å². The molecule has 0 fully saturated rings. The Bertz CT molecular complexity index is 1070. The fraction of sp³-hybridized carbons (Fsp3) is 0.304.